The fraction of sp³-hybridized carbons (Fsp3) is 0.727. The second-order valence-corrected chi connectivity index (χ2v) is 15.2. The highest BCUT2D eigenvalue weighted by Gasteiger charge is 2.84. The van der Waals surface area contributed by atoms with Gasteiger partial charge in [0.15, 0.2) is 30.4 Å². The lowest BCUT2D eigenvalue weighted by Gasteiger charge is -2.33. The highest BCUT2D eigenvalue weighted by molar-refractivity contribution is 8.24. The summed E-state index contributed by atoms with van der Waals surface area (Å²) in [6.07, 6.45) is -0.601. The minimum Gasteiger partial charge on any atom is -0.511 e. The van der Waals surface area contributed by atoms with Crippen LogP contribution in [0.25, 0.3) is 0 Å². The molecule has 0 heterocycles. The van der Waals surface area contributed by atoms with E-state index in [1.807, 2.05) is 0 Å². The van der Waals surface area contributed by atoms with Crippen LogP contribution in [-0.4, -0.2) is 77.4 Å². The van der Waals surface area contributed by atoms with Crippen LogP contribution in [0.5, 0.6) is 0 Å². The van der Waals surface area contributed by atoms with E-state index >= 15 is 0 Å². The molecule has 0 unspecified atom stereocenters. The van der Waals surface area contributed by atoms with Gasteiger partial charge in [0.25, 0.3) is 23.6 Å². The lowest BCUT2D eigenvalue weighted by atomic mass is 10.3. The van der Waals surface area contributed by atoms with Crippen molar-refractivity contribution in [2.24, 2.45) is 0 Å². The molecule has 184 valence electrons. The van der Waals surface area contributed by atoms with Crippen molar-refractivity contribution in [2.45, 2.75) is 34.2 Å². The minimum atomic E-state index is -7.65. The van der Waals surface area contributed by atoms with Crippen LogP contribution >= 0.6 is 0 Å². The van der Waals surface area contributed by atoms with E-state index in [9.17, 15) is 64.8 Å². The van der Waals surface area contributed by atoms with E-state index in [-0.39, 0.29) is 26.4 Å². The third-order valence-corrected chi connectivity index (χ3v) is 13.9. The van der Waals surface area contributed by atoms with Gasteiger partial charge in [-0.05, 0) is 13.8 Å². The highest BCUT2D eigenvalue weighted by atomic mass is 32.3. The monoisotopic (exact) mass is 548 g/mol. The van der Waals surface area contributed by atoms with Gasteiger partial charge < -0.3 is 5.11 Å². The van der Waals surface area contributed by atoms with Gasteiger partial charge in [0, 0.05) is 12.5 Å². The van der Waals surface area contributed by atoms with Crippen molar-refractivity contribution in [2.75, 3.05) is 12.5 Å². The van der Waals surface area contributed by atoms with Crippen LogP contribution in [0.15, 0.2) is 10.7 Å². The number of aliphatic hydroxyl groups excluding tert-OH is 1. The summed E-state index contributed by atoms with van der Waals surface area (Å²) >= 11 is 0. The molecule has 0 saturated carbocycles. The smallest absolute Gasteiger partial charge is 0.419 e. The topological polar surface area (TPSA) is 174 Å². The van der Waals surface area contributed by atoms with Gasteiger partial charge in [-0.1, -0.05) is 0 Å². The average Bonchev–Trinajstić information content (AvgIpc) is 2.40. The van der Waals surface area contributed by atoms with Gasteiger partial charge in [-0.3, -0.25) is 4.79 Å². The summed E-state index contributed by atoms with van der Waals surface area (Å²) in [4.78, 5) is 8.71. The molecule has 20 heteroatoms. The van der Waals surface area contributed by atoms with E-state index in [4.69, 9.17) is 5.11 Å². The van der Waals surface area contributed by atoms with E-state index in [1.54, 1.807) is 0 Å². The number of hydrogen-bond donors (Lipinski definition) is 1. The maximum absolute atomic E-state index is 14.2. The molecule has 0 atom stereocenters. The zero-order valence-electron chi connectivity index (χ0n) is 15.6. The van der Waals surface area contributed by atoms with Crippen LogP contribution in [0.1, 0.15) is 13.8 Å². The molecule has 0 amide bonds. The zero-order valence-corrected chi connectivity index (χ0v) is 18.9. The maximum Gasteiger partial charge on any atom is 0.419 e. The van der Waals surface area contributed by atoms with Crippen LogP contribution in [-0.2, 0) is 44.1 Å². The Balaban J connectivity index is 7.36. The molecule has 0 rings (SSSR count). The molecule has 0 radical (unpaired) electrons. The third-order valence-electron chi connectivity index (χ3n) is 3.30. The fourth-order valence-corrected chi connectivity index (χ4v) is 11.4. The Hall–Kier alpha value is -1.41. The summed E-state index contributed by atoms with van der Waals surface area (Å²) in [6, 6.07) is 0. The van der Waals surface area contributed by atoms with Gasteiger partial charge in [-0.2, -0.15) is 26.3 Å². The van der Waals surface area contributed by atoms with Gasteiger partial charge in [0.2, 0.25) is 0 Å². The van der Waals surface area contributed by atoms with Crippen LogP contribution in [0.3, 0.4) is 0 Å². The lowest BCUT2D eigenvalue weighted by molar-refractivity contribution is -0.243. The second kappa shape index (κ2) is 7.87. The molecule has 0 aliphatic carbocycles. The van der Waals surface area contributed by atoms with E-state index in [0.29, 0.717) is 0 Å². The minimum absolute atomic E-state index is 0.152. The fourth-order valence-electron chi connectivity index (χ4n) is 2.18. The molecule has 1 N–H and O–H groups in total. The first-order valence-electron chi connectivity index (χ1n) is 7.03. The first-order valence-corrected chi connectivity index (χ1v) is 14.0. The number of ketones is 1. The number of allylic oxidation sites excluding steroid dienone is 2. The van der Waals surface area contributed by atoms with Crippen molar-refractivity contribution in [3.05, 3.63) is 10.7 Å². The SMILES string of the molecule is CC(=O)/C(=C(\C)O)S(=O)(=O)C(F)(F)C(F)(F)C(F)(F)S(=O)(=O)C(S(C)(=O)=O)S(C)(=O)=O. The summed E-state index contributed by atoms with van der Waals surface area (Å²) in [7, 11) is -26.4. The largest absolute Gasteiger partial charge is 0.511 e. The van der Waals surface area contributed by atoms with Gasteiger partial charge >= 0.3 is 16.4 Å². The highest BCUT2D eigenvalue weighted by Crippen LogP contribution is 2.53. The molecule has 0 saturated heterocycles. The van der Waals surface area contributed by atoms with Gasteiger partial charge in [0.05, 0.1) is 0 Å². The number of carbonyl (C=O) groups is 1. The number of rotatable bonds is 9. The van der Waals surface area contributed by atoms with Gasteiger partial charge in [0.1, 0.15) is 5.76 Å². The predicted molar refractivity (Wildman–Crippen MR) is 92.2 cm³/mol. The van der Waals surface area contributed by atoms with E-state index < -0.39 is 76.1 Å². The maximum atomic E-state index is 14.2. The van der Waals surface area contributed by atoms with Crippen LogP contribution in [0, 0.1) is 0 Å². The molecule has 0 aliphatic heterocycles. The number of hydrogen-bond acceptors (Lipinski definition) is 10. The molecule has 0 aromatic heterocycles. The molecular weight excluding hydrogens is 534 g/mol. The van der Waals surface area contributed by atoms with E-state index in [2.05, 4.69) is 0 Å². The molecule has 31 heavy (non-hydrogen) atoms. The van der Waals surface area contributed by atoms with E-state index in [0.717, 1.165) is 0 Å². The molecule has 0 aliphatic rings. The molecule has 0 aromatic carbocycles. The quantitative estimate of drug-likeness (QED) is 0.241. The zero-order chi connectivity index (χ0) is 25.8. The van der Waals surface area contributed by atoms with Crippen LogP contribution in [0.2, 0.25) is 0 Å². The van der Waals surface area contributed by atoms with Crippen LogP contribution < -0.4 is 0 Å². The Labute approximate surface area is 172 Å². The van der Waals surface area contributed by atoms with Crippen molar-refractivity contribution >= 4 is 45.1 Å². The summed E-state index contributed by atoms with van der Waals surface area (Å²) in [5, 5.41) is -5.45. The predicted octanol–water partition coefficient (Wildman–Crippen LogP) is 0.388. The molecule has 0 fully saturated rings. The number of Topliss-reactive ketones (excluding diaryl/α,β-unsaturated/α-hetero) is 1. The number of halogens is 6. The number of alkyl halides is 6. The van der Waals surface area contributed by atoms with Gasteiger partial charge in [-0.15, -0.1) is 0 Å². The molecule has 10 nitrogen and oxygen atoms in total. The first kappa shape index (κ1) is 29.6. The normalized spacial score (nSPS) is 16.2. The van der Waals surface area contributed by atoms with Crippen molar-refractivity contribution in [3.63, 3.8) is 0 Å². The summed E-state index contributed by atoms with van der Waals surface area (Å²) in [6.45, 7) is 0.375. The van der Waals surface area contributed by atoms with Crippen molar-refractivity contribution in [1.82, 2.24) is 0 Å². The van der Waals surface area contributed by atoms with Crippen molar-refractivity contribution in [1.29, 1.82) is 0 Å². The standard InChI is InChI=1S/C11H14F6O10S4/c1-5(18)7(6(2)19)30(24,25)10(14,15)9(12,13)11(16,17)31(26,27)8(28(3,20)21)29(4,22)23/h8,18H,1-4H3/b7-5-. The Bertz CT molecular complexity index is 1190. The second-order valence-electron chi connectivity index (χ2n) is 6.07. The van der Waals surface area contributed by atoms with Crippen molar-refractivity contribution in [3.8, 4) is 0 Å². The summed E-state index contributed by atoms with van der Waals surface area (Å²) < 4.78 is 174. The first-order chi connectivity index (χ1) is 13.1. The number of carbonyl (C=O) groups excluding carboxylic acids is 1. The Morgan fingerprint density at radius 3 is 1.29 bits per heavy atom. The van der Waals surface area contributed by atoms with Crippen LogP contribution in [0.4, 0.5) is 26.3 Å². The third kappa shape index (κ3) is 4.56. The number of aliphatic hydroxyl groups is 1. The summed E-state index contributed by atoms with van der Waals surface area (Å²) in [5.74, 6) is -11.4. The molecule has 0 spiro atoms. The van der Waals surface area contributed by atoms with E-state index in [1.165, 1.54) is 0 Å². The number of sulfone groups is 4. The Kier molecular flexibility index (Phi) is 7.51. The summed E-state index contributed by atoms with van der Waals surface area (Å²) in [5.41, 5.74) is 0. The van der Waals surface area contributed by atoms with Crippen molar-refractivity contribution < 1.29 is 69.9 Å². The molecule has 0 bridgehead atoms. The molecular formula is C11H14F6O10S4. The Morgan fingerprint density at radius 2 is 1.06 bits per heavy atom. The molecule has 0 aromatic rings. The Morgan fingerprint density at radius 1 is 0.742 bits per heavy atom. The average molecular weight is 548 g/mol. The van der Waals surface area contributed by atoms with Gasteiger partial charge in [-0.25, -0.2) is 33.7 Å². The lowest BCUT2D eigenvalue weighted by Crippen LogP contribution is -2.63.